The summed E-state index contributed by atoms with van der Waals surface area (Å²) >= 11 is 0. The van der Waals surface area contributed by atoms with Crippen LogP contribution in [0.25, 0.3) is 22.4 Å². The van der Waals surface area contributed by atoms with E-state index in [0.717, 1.165) is 34.4 Å². The number of ether oxygens (including phenoxy) is 3. The highest BCUT2D eigenvalue weighted by molar-refractivity contribution is 5.81. The third kappa shape index (κ3) is 7.09. The number of methoxy groups -OCH3 is 2. The number of nitrogens with one attached hydrogen (secondary N) is 1. The molecule has 0 aliphatic heterocycles. The fraction of sp³-hybridized carbons (Fsp3) is 0.552. The fourth-order valence-corrected chi connectivity index (χ4v) is 4.61. The summed E-state index contributed by atoms with van der Waals surface area (Å²) in [5.41, 5.74) is 3.87. The van der Waals surface area contributed by atoms with Gasteiger partial charge in [-0.2, -0.15) is 0 Å². The Morgan fingerprint density at radius 1 is 1.13 bits per heavy atom. The van der Waals surface area contributed by atoms with Crippen molar-refractivity contribution in [2.24, 2.45) is 7.05 Å². The second-order valence-electron chi connectivity index (χ2n) is 10.7. The summed E-state index contributed by atoms with van der Waals surface area (Å²) in [6.07, 6.45) is 3.20. The van der Waals surface area contributed by atoms with E-state index < -0.39 is 5.60 Å². The predicted octanol–water partition coefficient (Wildman–Crippen LogP) is 3.80. The van der Waals surface area contributed by atoms with Crippen molar-refractivity contribution in [3.05, 3.63) is 51.9 Å². The lowest BCUT2D eigenvalue weighted by molar-refractivity contribution is -0.157. The zero-order chi connectivity index (χ0) is 28.0. The number of imidazole rings is 1. The van der Waals surface area contributed by atoms with Crippen LogP contribution in [0.15, 0.2) is 35.3 Å². The van der Waals surface area contributed by atoms with Gasteiger partial charge in [0, 0.05) is 38.6 Å². The average Bonchev–Trinajstić information content (AvgIpc) is 3.22. The first kappa shape index (κ1) is 29.5. The van der Waals surface area contributed by atoms with Gasteiger partial charge in [0.1, 0.15) is 17.5 Å². The molecule has 0 spiro atoms. The molecule has 0 unspecified atom stereocenters. The molecule has 0 saturated heterocycles. The van der Waals surface area contributed by atoms with Crippen LogP contribution in [-0.4, -0.2) is 65.7 Å². The van der Waals surface area contributed by atoms with E-state index in [-0.39, 0.29) is 23.6 Å². The van der Waals surface area contributed by atoms with E-state index >= 15 is 0 Å². The van der Waals surface area contributed by atoms with Crippen LogP contribution in [0.1, 0.15) is 51.3 Å². The lowest BCUT2D eigenvalue weighted by Crippen LogP contribution is -2.41. The van der Waals surface area contributed by atoms with Crippen molar-refractivity contribution in [1.82, 2.24) is 19.4 Å². The Labute approximate surface area is 225 Å². The second kappa shape index (κ2) is 12.7. The molecular formula is C29H42N4O5. The number of hydrogen-bond donors (Lipinski definition) is 1. The summed E-state index contributed by atoms with van der Waals surface area (Å²) in [6, 6.07) is 7.66. The van der Waals surface area contributed by atoms with Crippen LogP contribution in [0.3, 0.4) is 0 Å². The largest absolute Gasteiger partial charge is 0.459 e. The average molecular weight is 527 g/mol. The van der Waals surface area contributed by atoms with Gasteiger partial charge in [-0.15, -0.1) is 0 Å². The van der Waals surface area contributed by atoms with Gasteiger partial charge in [0.15, 0.2) is 0 Å². The highest BCUT2D eigenvalue weighted by Crippen LogP contribution is 2.30. The normalized spacial score (nSPS) is 12.9. The van der Waals surface area contributed by atoms with E-state index in [1.54, 1.807) is 25.8 Å². The van der Waals surface area contributed by atoms with E-state index in [2.05, 4.69) is 28.1 Å². The molecule has 38 heavy (non-hydrogen) atoms. The Morgan fingerprint density at radius 2 is 1.82 bits per heavy atom. The number of carbonyl (C=O) groups is 1. The van der Waals surface area contributed by atoms with Gasteiger partial charge in [-0.1, -0.05) is 13.0 Å². The molecule has 0 aliphatic rings. The van der Waals surface area contributed by atoms with Crippen LogP contribution in [0, 0.1) is 6.92 Å². The van der Waals surface area contributed by atoms with E-state index in [1.807, 2.05) is 46.9 Å². The maximum absolute atomic E-state index is 12.5. The number of fused-ring (bicyclic) bond motifs is 1. The third-order valence-electron chi connectivity index (χ3n) is 6.36. The van der Waals surface area contributed by atoms with Crippen LogP contribution in [0.5, 0.6) is 0 Å². The third-order valence-corrected chi connectivity index (χ3v) is 6.36. The Bertz CT molecular complexity index is 1270. The second-order valence-corrected chi connectivity index (χ2v) is 10.7. The summed E-state index contributed by atoms with van der Waals surface area (Å²) in [4.78, 5) is 29.8. The summed E-state index contributed by atoms with van der Waals surface area (Å²) in [5, 5.41) is 3.33. The first-order chi connectivity index (χ1) is 18.0. The van der Waals surface area contributed by atoms with Gasteiger partial charge in [-0.05, 0) is 70.8 Å². The number of carbonyl (C=O) groups excluding carboxylic acids is 1. The number of rotatable bonds is 12. The monoisotopic (exact) mass is 526 g/mol. The number of aromatic nitrogens is 3. The number of pyridine rings is 1. The lowest BCUT2D eigenvalue weighted by Gasteiger charge is -2.24. The zero-order valence-electron chi connectivity index (χ0n) is 24.0. The van der Waals surface area contributed by atoms with Crippen molar-refractivity contribution < 1.29 is 19.0 Å². The molecule has 0 saturated carbocycles. The van der Waals surface area contributed by atoms with Gasteiger partial charge in [-0.25, -0.2) is 4.98 Å². The van der Waals surface area contributed by atoms with Crippen LogP contribution in [0.4, 0.5) is 0 Å². The van der Waals surface area contributed by atoms with E-state index in [0.29, 0.717) is 31.7 Å². The van der Waals surface area contributed by atoms with Crippen LogP contribution >= 0.6 is 0 Å². The number of esters is 1. The Morgan fingerprint density at radius 3 is 2.39 bits per heavy atom. The number of hydrogen-bond acceptors (Lipinski definition) is 7. The predicted molar refractivity (Wildman–Crippen MR) is 150 cm³/mol. The lowest BCUT2D eigenvalue weighted by atomic mass is 10.1. The van der Waals surface area contributed by atoms with E-state index in [9.17, 15) is 9.59 Å². The molecule has 3 rings (SSSR count). The number of aryl methyl sites for hydroxylation is 2. The van der Waals surface area contributed by atoms with E-state index in [4.69, 9.17) is 19.2 Å². The van der Waals surface area contributed by atoms with Gasteiger partial charge in [0.25, 0.3) is 5.56 Å². The molecule has 0 radical (unpaired) electrons. The Balaban J connectivity index is 1.93. The first-order valence-corrected chi connectivity index (χ1v) is 13.1. The van der Waals surface area contributed by atoms with Crippen LogP contribution in [-0.2, 0) is 32.5 Å². The molecule has 1 aromatic carbocycles. The van der Waals surface area contributed by atoms with Gasteiger partial charge in [0.05, 0.1) is 30.3 Å². The summed E-state index contributed by atoms with van der Waals surface area (Å²) in [5.74, 6) is 0.526. The standard InChI is InChI=1S/C29H42N4O5/c1-9-23(28(35)38-29(3,4)5)30-13-12-20-10-11-25-24(15-20)31-26(33(25)22(17-36-7)18-37-8)21-14-19(2)27(34)32(6)16-21/h10-11,14-16,22-23,30H,9,12-13,17-18H2,1-8H3/t23-/m0/s1. The van der Waals surface area contributed by atoms with Gasteiger partial charge in [0.2, 0.25) is 0 Å². The SMILES string of the molecule is CC[C@H](NCCc1ccc2c(c1)nc(-c1cc(C)c(=O)n(C)c1)n2C(COC)COC)C(=O)OC(C)(C)C. The summed E-state index contributed by atoms with van der Waals surface area (Å²) in [6.45, 7) is 10.9. The van der Waals surface area contributed by atoms with E-state index in [1.165, 1.54) is 0 Å². The molecule has 2 heterocycles. The Hall–Kier alpha value is -3.01. The molecule has 208 valence electrons. The fourth-order valence-electron chi connectivity index (χ4n) is 4.61. The highest BCUT2D eigenvalue weighted by Gasteiger charge is 2.24. The van der Waals surface area contributed by atoms with Gasteiger partial charge >= 0.3 is 5.97 Å². The molecule has 3 aromatic rings. The first-order valence-electron chi connectivity index (χ1n) is 13.1. The smallest absolute Gasteiger partial charge is 0.323 e. The van der Waals surface area contributed by atoms with Gasteiger partial charge in [-0.3, -0.25) is 9.59 Å². The molecule has 0 amide bonds. The van der Waals surface area contributed by atoms with Crippen molar-refractivity contribution >= 4 is 17.0 Å². The molecule has 9 heteroatoms. The van der Waals surface area contributed by atoms with Gasteiger partial charge < -0.3 is 28.7 Å². The van der Waals surface area contributed by atoms with Crippen molar-refractivity contribution in [3.8, 4) is 11.4 Å². The maximum atomic E-state index is 12.5. The Kier molecular flexibility index (Phi) is 9.87. The summed E-state index contributed by atoms with van der Waals surface area (Å²) in [7, 11) is 5.09. The molecule has 2 aromatic heterocycles. The minimum Gasteiger partial charge on any atom is -0.459 e. The molecular weight excluding hydrogens is 484 g/mol. The number of nitrogens with zero attached hydrogens (tertiary/aromatic N) is 3. The molecule has 1 N–H and O–H groups in total. The van der Waals surface area contributed by atoms with Crippen molar-refractivity contribution in [2.75, 3.05) is 34.0 Å². The molecule has 9 nitrogen and oxygen atoms in total. The van der Waals surface area contributed by atoms with Crippen molar-refractivity contribution in [3.63, 3.8) is 0 Å². The van der Waals surface area contributed by atoms with Crippen molar-refractivity contribution in [2.45, 2.75) is 65.1 Å². The molecule has 0 fully saturated rings. The topological polar surface area (TPSA) is 96.6 Å². The summed E-state index contributed by atoms with van der Waals surface area (Å²) < 4.78 is 20.3. The van der Waals surface area contributed by atoms with Crippen LogP contribution in [0.2, 0.25) is 0 Å². The number of benzene rings is 1. The van der Waals surface area contributed by atoms with Crippen LogP contribution < -0.4 is 10.9 Å². The minimum atomic E-state index is -0.513. The maximum Gasteiger partial charge on any atom is 0.323 e. The molecule has 0 aliphatic carbocycles. The molecule has 1 atom stereocenters. The quantitative estimate of drug-likeness (QED) is 0.359. The minimum absolute atomic E-state index is 0.0340. The van der Waals surface area contributed by atoms with Crippen molar-refractivity contribution in [1.29, 1.82) is 0 Å². The zero-order valence-corrected chi connectivity index (χ0v) is 24.0. The highest BCUT2D eigenvalue weighted by atomic mass is 16.6. The molecule has 0 bridgehead atoms.